The van der Waals surface area contributed by atoms with E-state index in [2.05, 4.69) is 98.0 Å². The Morgan fingerprint density at radius 3 is 2.48 bits per heavy atom. The van der Waals surface area contributed by atoms with Crippen LogP contribution in [0.2, 0.25) is 0 Å². The van der Waals surface area contributed by atoms with Gasteiger partial charge in [-0.05, 0) is 89.5 Å². The summed E-state index contributed by atoms with van der Waals surface area (Å²) in [4.78, 5) is 4.24. The molecular weight excluding hydrogens is 515 g/mol. The second-order valence-electron chi connectivity index (χ2n) is 6.54. The molecule has 138 valence electrons. The highest BCUT2D eigenvalue weighted by atomic mass is 127. The Kier molecular flexibility index (Phi) is 6.65. The van der Waals surface area contributed by atoms with E-state index in [0.717, 1.165) is 15.7 Å². The summed E-state index contributed by atoms with van der Waals surface area (Å²) in [5, 5.41) is 13.4. The minimum Gasteiger partial charge on any atom is -0.411 e. The van der Waals surface area contributed by atoms with E-state index in [-0.39, 0.29) is 5.92 Å². The van der Waals surface area contributed by atoms with E-state index in [4.69, 9.17) is 0 Å². The molecule has 0 saturated heterocycles. The van der Waals surface area contributed by atoms with Crippen LogP contribution < -0.4 is 0 Å². The summed E-state index contributed by atoms with van der Waals surface area (Å²) in [5.41, 5.74) is 6.12. The first-order valence-electron chi connectivity index (χ1n) is 8.63. The normalized spacial score (nSPS) is 12.8. The molecule has 3 nitrogen and oxygen atoms in total. The van der Waals surface area contributed by atoms with Gasteiger partial charge < -0.3 is 5.21 Å². The zero-order valence-corrected chi connectivity index (χ0v) is 18.9. The molecule has 1 atom stereocenters. The molecule has 27 heavy (non-hydrogen) atoms. The number of benzene rings is 2. The first-order chi connectivity index (χ1) is 13.0. The molecule has 0 amide bonds. The Morgan fingerprint density at radius 2 is 1.85 bits per heavy atom. The molecule has 0 aliphatic carbocycles. The minimum absolute atomic E-state index is 0.0921. The van der Waals surface area contributed by atoms with Crippen LogP contribution in [-0.2, 0) is 0 Å². The SMILES string of the molecule is Cc1cc(/C(CC(c2ccc(Br)cc2)c2ccc(I)cc2C)=N/O)ccn1. The van der Waals surface area contributed by atoms with Crippen molar-refractivity contribution in [1.29, 1.82) is 0 Å². The molecule has 1 aromatic heterocycles. The predicted octanol–water partition coefficient (Wildman–Crippen LogP) is 6.47. The van der Waals surface area contributed by atoms with Crippen LogP contribution in [0.25, 0.3) is 0 Å². The van der Waals surface area contributed by atoms with Gasteiger partial charge in [-0.15, -0.1) is 0 Å². The molecule has 1 unspecified atom stereocenters. The first kappa shape index (κ1) is 20.0. The lowest BCUT2D eigenvalue weighted by Gasteiger charge is -2.21. The third-order valence-electron chi connectivity index (χ3n) is 4.63. The van der Waals surface area contributed by atoms with Gasteiger partial charge >= 0.3 is 0 Å². The Bertz CT molecular complexity index is 970. The lowest BCUT2D eigenvalue weighted by molar-refractivity contribution is 0.317. The average Bonchev–Trinajstić information content (AvgIpc) is 2.64. The summed E-state index contributed by atoms with van der Waals surface area (Å²) in [7, 11) is 0. The predicted molar refractivity (Wildman–Crippen MR) is 122 cm³/mol. The Hall–Kier alpha value is -1.73. The summed E-state index contributed by atoms with van der Waals surface area (Å²) >= 11 is 5.85. The Balaban J connectivity index is 2.05. The Morgan fingerprint density at radius 1 is 1.11 bits per heavy atom. The maximum Gasteiger partial charge on any atom is 0.0878 e. The summed E-state index contributed by atoms with van der Waals surface area (Å²) in [5.74, 6) is 0.0921. The van der Waals surface area contributed by atoms with Crippen LogP contribution in [0, 0.1) is 17.4 Å². The molecule has 0 aliphatic rings. The fourth-order valence-electron chi connectivity index (χ4n) is 3.27. The second-order valence-corrected chi connectivity index (χ2v) is 8.70. The van der Waals surface area contributed by atoms with Crippen molar-refractivity contribution in [2.75, 3.05) is 0 Å². The zero-order valence-electron chi connectivity index (χ0n) is 15.2. The van der Waals surface area contributed by atoms with Crippen LogP contribution in [0.5, 0.6) is 0 Å². The highest BCUT2D eigenvalue weighted by Gasteiger charge is 2.20. The minimum atomic E-state index is 0.0921. The maximum absolute atomic E-state index is 9.73. The number of pyridine rings is 1. The highest BCUT2D eigenvalue weighted by Crippen LogP contribution is 2.33. The van der Waals surface area contributed by atoms with Gasteiger partial charge in [0.2, 0.25) is 0 Å². The van der Waals surface area contributed by atoms with E-state index in [1.807, 2.05) is 19.1 Å². The number of aromatic nitrogens is 1. The number of oxime groups is 1. The summed E-state index contributed by atoms with van der Waals surface area (Å²) in [6.45, 7) is 4.07. The molecule has 0 saturated carbocycles. The quantitative estimate of drug-likeness (QED) is 0.176. The largest absolute Gasteiger partial charge is 0.411 e. The molecular formula is C22H20BrIN2O. The Labute approximate surface area is 181 Å². The molecule has 0 bridgehead atoms. The van der Waals surface area contributed by atoms with Crippen molar-refractivity contribution in [1.82, 2.24) is 4.98 Å². The van der Waals surface area contributed by atoms with Gasteiger partial charge in [0.05, 0.1) is 5.71 Å². The van der Waals surface area contributed by atoms with Crippen LogP contribution in [0.15, 0.2) is 70.4 Å². The number of rotatable bonds is 5. The lowest BCUT2D eigenvalue weighted by Crippen LogP contribution is -2.12. The molecule has 3 aromatic rings. The number of hydrogen-bond acceptors (Lipinski definition) is 3. The lowest BCUT2D eigenvalue weighted by atomic mass is 9.83. The van der Waals surface area contributed by atoms with Gasteiger partial charge in [0.1, 0.15) is 0 Å². The average molecular weight is 535 g/mol. The van der Waals surface area contributed by atoms with Gasteiger partial charge in [0.25, 0.3) is 0 Å². The van der Waals surface area contributed by atoms with E-state index in [0.29, 0.717) is 12.1 Å². The number of halogens is 2. The van der Waals surface area contributed by atoms with Crippen LogP contribution in [-0.4, -0.2) is 15.9 Å². The maximum atomic E-state index is 9.73. The van der Waals surface area contributed by atoms with Crippen LogP contribution in [0.4, 0.5) is 0 Å². The highest BCUT2D eigenvalue weighted by molar-refractivity contribution is 14.1. The van der Waals surface area contributed by atoms with Gasteiger partial charge in [0, 0.05) is 37.8 Å². The molecule has 5 heteroatoms. The van der Waals surface area contributed by atoms with Crippen molar-refractivity contribution in [2.45, 2.75) is 26.2 Å². The van der Waals surface area contributed by atoms with Crippen LogP contribution >= 0.6 is 38.5 Å². The van der Waals surface area contributed by atoms with Crippen molar-refractivity contribution in [3.63, 3.8) is 0 Å². The van der Waals surface area contributed by atoms with Gasteiger partial charge in [-0.25, -0.2) is 0 Å². The molecule has 1 heterocycles. The molecule has 0 radical (unpaired) electrons. The fraction of sp³-hybridized carbons (Fsp3) is 0.182. The van der Waals surface area contributed by atoms with Gasteiger partial charge in [0.15, 0.2) is 0 Å². The zero-order chi connectivity index (χ0) is 19.4. The van der Waals surface area contributed by atoms with Gasteiger partial charge in [-0.1, -0.05) is 39.3 Å². The summed E-state index contributed by atoms with van der Waals surface area (Å²) in [6.07, 6.45) is 2.35. The van der Waals surface area contributed by atoms with E-state index in [1.165, 1.54) is 20.3 Å². The molecule has 2 aromatic carbocycles. The molecule has 1 N–H and O–H groups in total. The van der Waals surface area contributed by atoms with E-state index >= 15 is 0 Å². The monoisotopic (exact) mass is 534 g/mol. The number of nitrogens with zero attached hydrogens (tertiary/aromatic N) is 2. The third kappa shape index (κ3) is 4.96. The third-order valence-corrected chi connectivity index (χ3v) is 5.83. The number of aryl methyl sites for hydroxylation is 2. The molecule has 3 rings (SSSR count). The summed E-state index contributed by atoms with van der Waals surface area (Å²) in [6, 6.07) is 18.7. The van der Waals surface area contributed by atoms with Crippen LogP contribution in [0.1, 0.15) is 40.3 Å². The van der Waals surface area contributed by atoms with Crippen molar-refractivity contribution >= 4 is 44.2 Å². The van der Waals surface area contributed by atoms with E-state index in [9.17, 15) is 5.21 Å². The first-order valence-corrected chi connectivity index (χ1v) is 10.5. The van der Waals surface area contributed by atoms with Crippen molar-refractivity contribution in [3.8, 4) is 0 Å². The smallest absolute Gasteiger partial charge is 0.0878 e. The molecule has 0 fully saturated rings. The van der Waals surface area contributed by atoms with Gasteiger partial charge in [-0.2, -0.15) is 0 Å². The topological polar surface area (TPSA) is 45.5 Å². The second kappa shape index (κ2) is 8.97. The molecule has 0 spiro atoms. The number of hydrogen-bond donors (Lipinski definition) is 1. The van der Waals surface area contributed by atoms with E-state index < -0.39 is 0 Å². The summed E-state index contributed by atoms with van der Waals surface area (Å²) < 4.78 is 2.26. The van der Waals surface area contributed by atoms with Crippen molar-refractivity contribution in [2.24, 2.45) is 5.16 Å². The van der Waals surface area contributed by atoms with Crippen molar-refractivity contribution < 1.29 is 5.21 Å². The molecule has 0 aliphatic heterocycles. The standard InChI is InChI=1S/C22H20BrIN2O/c1-14-11-19(24)7-8-20(14)21(16-3-5-18(23)6-4-16)13-22(26-27)17-9-10-25-15(2)12-17/h3-12,21,27H,13H2,1-2H3/b26-22+. The van der Waals surface area contributed by atoms with Crippen molar-refractivity contribution in [3.05, 3.63) is 96.8 Å². The van der Waals surface area contributed by atoms with Crippen LogP contribution in [0.3, 0.4) is 0 Å². The van der Waals surface area contributed by atoms with Gasteiger partial charge in [-0.3, -0.25) is 4.98 Å². The van der Waals surface area contributed by atoms with E-state index in [1.54, 1.807) is 6.20 Å². The fourth-order valence-corrected chi connectivity index (χ4v) is 4.18.